The van der Waals surface area contributed by atoms with Crippen LogP contribution in [0, 0.1) is 0 Å². The van der Waals surface area contributed by atoms with Crippen LogP contribution in [0.2, 0.25) is 5.02 Å². The van der Waals surface area contributed by atoms with Gasteiger partial charge in [0, 0.05) is 17.6 Å². The van der Waals surface area contributed by atoms with Crippen LogP contribution in [0.3, 0.4) is 0 Å². The Morgan fingerprint density at radius 1 is 1.19 bits per heavy atom. The lowest BCUT2D eigenvalue weighted by Crippen LogP contribution is -2.52. The van der Waals surface area contributed by atoms with Crippen molar-refractivity contribution in [1.29, 1.82) is 0 Å². The van der Waals surface area contributed by atoms with Crippen LogP contribution >= 0.6 is 11.6 Å². The normalized spacial score (nSPS) is 18.9. The molecule has 0 spiro atoms. The predicted molar refractivity (Wildman–Crippen MR) is 134 cm³/mol. The molecule has 0 saturated carbocycles. The highest BCUT2D eigenvalue weighted by Crippen LogP contribution is 2.43. The number of hydrogen-bond acceptors (Lipinski definition) is 8. The Hall–Kier alpha value is -3.11. The fourth-order valence-electron chi connectivity index (χ4n) is 4.56. The zero-order valence-electron chi connectivity index (χ0n) is 20.3. The molecule has 0 aromatic heterocycles. The topological polar surface area (TPSA) is 114 Å². The summed E-state index contributed by atoms with van der Waals surface area (Å²) in [5, 5.41) is 13.5. The number of sulfone groups is 1. The second kappa shape index (κ2) is 10.1. The van der Waals surface area contributed by atoms with Gasteiger partial charge in [-0.3, -0.25) is 0 Å². The van der Waals surface area contributed by atoms with Gasteiger partial charge in [0.1, 0.15) is 11.4 Å². The van der Waals surface area contributed by atoms with E-state index in [1.807, 2.05) is 13.8 Å². The summed E-state index contributed by atoms with van der Waals surface area (Å²) in [7, 11) is -2.71. The molecular weight excluding hydrogens is 508 g/mol. The lowest BCUT2D eigenvalue weighted by atomic mass is 9.97. The average molecular weight is 537 g/mol. The van der Waals surface area contributed by atoms with Crippen molar-refractivity contribution < 1.29 is 32.5 Å². The second-order valence-corrected chi connectivity index (χ2v) is 11.0. The van der Waals surface area contributed by atoms with Crippen LogP contribution < -0.4 is 19.5 Å². The molecule has 0 aliphatic carbocycles. The fourth-order valence-corrected chi connectivity index (χ4v) is 6.28. The monoisotopic (exact) mass is 536 g/mol. The molecular formula is C25H29ClN2O7S. The van der Waals surface area contributed by atoms with Crippen LogP contribution in [0.1, 0.15) is 45.1 Å². The molecule has 194 valence electrons. The van der Waals surface area contributed by atoms with Gasteiger partial charge in [-0.2, -0.15) is 0 Å². The van der Waals surface area contributed by atoms with E-state index in [9.17, 15) is 18.3 Å². The third-order valence-electron chi connectivity index (χ3n) is 6.59. The summed E-state index contributed by atoms with van der Waals surface area (Å²) in [5.41, 5.74) is -0.672. The van der Waals surface area contributed by atoms with Crippen molar-refractivity contribution in [2.24, 2.45) is 0 Å². The van der Waals surface area contributed by atoms with Gasteiger partial charge in [-0.05, 0) is 55.2 Å². The molecule has 1 atom stereocenters. The largest absolute Gasteiger partial charge is 0.497 e. The van der Waals surface area contributed by atoms with Crippen molar-refractivity contribution >= 4 is 27.4 Å². The Balaban J connectivity index is 1.85. The number of methoxy groups -OCH3 is 1. The molecule has 4 rings (SSSR count). The zero-order chi connectivity index (χ0) is 26.1. The van der Waals surface area contributed by atoms with Crippen LogP contribution in [0.5, 0.6) is 17.2 Å². The number of nitrogens with one attached hydrogen (secondary N) is 1. The Morgan fingerprint density at radius 3 is 2.44 bits per heavy atom. The molecule has 1 unspecified atom stereocenters. The van der Waals surface area contributed by atoms with Gasteiger partial charge < -0.3 is 29.5 Å². The average Bonchev–Trinajstić information content (AvgIpc) is 3.45. The highest BCUT2D eigenvalue weighted by atomic mass is 35.5. The van der Waals surface area contributed by atoms with Crippen LogP contribution in [0.4, 0.5) is 0 Å². The number of aliphatic carboxylic acids is 1. The van der Waals surface area contributed by atoms with Crippen molar-refractivity contribution in [3.8, 4) is 17.2 Å². The maximum Gasteiger partial charge on any atom is 0.355 e. The van der Waals surface area contributed by atoms with Gasteiger partial charge in [-0.15, -0.1) is 0 Å². The number of carboxylic acid groups (broad SMARTS) is 1. The summed E-state index contributed by atoms with van der Waals surface area (Å²) >= 11 is 6.53. The molecule has 0 amide bonds. The maximum atomic E-state index is 13.7. The SMILES string of the molecule is CCCCC1(CC)NC(S(=O)(=O)c2ccc(OC)cc2)=C(C(=O)O)N1Cc1cc2c(cc1Cl)OCO2. The van der Waals surface area contributed by atoms with E-state index in [1.54, 1.807) is 17.0 Å². The van der Waals surface area contributed by atoms with E-state index in [4.69, 9.17) is 25.8 Å². The maximum absolute atomic E-state index is 13.7. The Labute approximate surface area is 215 Å². The first-order valence-corrected chi connectivity index (χ1v) is 13.5. The van der Waals surface area contributed by atoms with Gasteiger partial charge in [-0.25, -0.2) is 13.2 Å². The van der Waals surface area contributed by atoms with Crippen molar-refractivity contribution in [2.45, 2.75) is 56.6 Å². The number of fused-ring (bicyclic) bond motifs is 1. The molecule has 36 heavy (non-hydrogen) atoms. The number of ether oxygens (including phenoxy) is 3. The molecule has 2 aromatic rings. The minimum Gasteiger partial charge on any atom is -0.497 e. The fraction of sp³-hybridized carbons (Fsp3) is 0.400. The van der Waals surface area contributed by atoms with E-state index < -0.39 is 21.5 Å². The number of hydrogen-bond donors (Lipinski definition) is 2. The molecule has 11 heteroatoms. The van der Waals surface area contributed by atoms with Gasteiger partial charge in [0.15, 0.2) is 22.2 Å². The quantitative estimate of drug-likeness (QED) is 0.452. The van der Waals surface area contributed by atoms with E-state index >= 15 is 0 Å². The van der Waals surface area contributed by atoms with E-state index in [2.05, 4.69) is 5.32 Å². The number of carbonyl (C=O) groups is 1. The highest BCUT2D eigenvalue weighted by Gasteiger charge is 2.49. The second-order valence-electron chi connectivity index (χ2n) is 8.66. The number of halogens is 1. The van der Waals surface area contributed by atoms with E-state index in [0.717, 1.165) is 12.8 Å². The van der Waals surface area contributed by atoms with E-state index in [1.165, 1.54) is 31.4 Å². The Morgan fingerprint density at radius 2 is 1.86 bits per heavy atom. The molecule has 2 aliphatic rings. The van der Waals surface area contributed by atoms with E-state index in [0.29, 0.717) is 40.7 Å². The summed E-state index contributed by atoms with van der Waals surface area (Å²) in [4.78, 5) is 14.2. The molecule has 2 aromatic carbocycles. The number of carboxylic acids is 1. The smallest absolute Gasteiger partial charge is 0.355 e. The number of rotatable bonds is 10. The van der Waals surface area contributed by atoms with Gasteiger partial charge in [0.25, 0.3) is 0 Å². The third-order valence-corrected chi connectivity index (χ3v) is 8.67. The minimum absolute atomic E-state index is 0.0343. The number of nitrogens with zero attached hydrogens (tertiary/aromatic N) is 1. The van der Waals surface area contributed by atoms with Crippen LogP contribution in [-0.4, -0.2) is 44.0 Å². The van der Waals surface area contributed by atoms with Crippen molar-refractivity contribution in [1.82, 2.24) is 10.2 Å². The standard InChI is InChI=1S/C25H29ClN2O7S/c1-4-6-11-25(5-2)27-23(36(31,32)18-9-7-17(33-3)8-10-18)22(24(29)30)28(25)14-16-12-20-21(13-19(16)26)35-15-34-20/h7-10,12-13,27H,4-6,11,14-15H2,1-3H3,(H,29,30). The van der Waals surface area contributed by atoms with Gasteiger partial charge in [0.05, 0.1) is 12.0 Å². The molecule has 0 radical (unpaired) electrons. The lowest BCUT2D eigenvalue weighted by molar-refractivity contribution is -0.135. The van der Waals surface area contributed by atoms with Gasteiger partial charge in [-0.1, -0.05) is 31.9 Å². The lowest BCUT2D eigenvalue weighted by Gasteiger charge is -2.40. The summed E-state index contributed by atoms with van der Waals surface area (Å²) < 4.78 is 43.5. The van der Waals surface area contributed by atoms with E-state index in [-0.39, 0.29) is 29.0 Å². The summed E-state index contributed by atoms with van der Waals surface area (Å²) in [6, 6.07) is 9.19. The first-order valence-electron chi connectivity index (χ1n) is 11.7. The third kappa shape index (κ3) is 4.55. The number of unbranched alkanes of at least 4 members (excludes halogenated alkanes) is 1. The summed E-state index contributed by atoms with van der Waals surface area (Å²) in [6.45, 7) is 4.06. The predicted octanol–water partition coefficient (Wildman–Crippen LogP) is 4.51. The molecule has 2 N–H and O–H groups in total. The van der Waals surface area contributed by atoms with Crippen molar-refractivity contribution in [2.75, 3.05) is 13.9 Å². The van der Waals surface area contributed by atoms with Gasteiger partial charge in [0.2, 0.25) is 16.6 Å². The molecule has 2 heterocycles. The van der Waals surface area contributed by atoms with Crippen molar-refractivity contribution in [3.63, 3.8) is 0 Å². The molecule has 0 bridgehead atoms. The Kier molecular flexibility index (Phi) is 7.28. The summed E-state index contributed by atoms with van der Waals surface area (Å²) in [5.74, 6) is 0.154. The highest BCUT2D eigenvalue weighted by molar-refractivity contribution is 7.95. The minimum atomic E-state index is -4.20. The number of benzene rings is 2. The zero-order valence-corrected chi connectivity index (χ0v) is 21.9. The molecule has 9 nitrogen and oxygen atoms in total. The van der Waals surface area contributed by atoms with Crippen LogP contribution in [-0.2, 0) is 21.2 Å². The first-order chi connectivity index (χ1) is 17.2. The van der Waals surface area contributed by atoms with Crippen LogP contribution in [0.25, 0.3) is 0 Å². The van der Waals surface area contributed by atoms with Crippen LogP contribution in [0.15, 0.2) is 52.0 Å². The summed E-state index contributed by atoms with van der Waals surface area (Å²) in [6.07, 6.45) is 2.59. The molecule has 0 fully saturated rings. The first kappa shape index (κ1) is 26.0. The molecule has 0 saturated heterocycles. The Bertz CT molecular complexity index is 1290. The van der Waals surface area contributed by atoms with Gasteiger partial charge >= 0.3 is 5.97 Å². The molecule has 2 aliphatic heterocycles. The van der Waals surface area contributed by atoms with Crippen molar-refractivity contribution in [3.05, 3.63) is 57.7 Å².